The van der Waals surface area contributed by atoms with E-state index in [1.54, 1.807) is 0 Å². The molecule has 0 radical (unpaired) electrons. The van der Waals surface area contributed by atoms with Crippen molar-refractivity contribution < 1.29 is 4.79 Å². The molecule has 15 heavy (non-hydrogen) atoms. The van der Waals surface area contributed by atoms with Crippen LogP contribution in [0.1, 0.15) is 15.9 Å². The smallest absolute Gasteiger partial charge is 0.169 e. The summed E-state index contributed by atoms with van der Waals surface area (Å²) in [5.74, 6) is 0.161. The second-order valence-electron chi connectivity index (χ2n) is 3.22. The highest BCUT2D eigenvalue weighted by Crippen LogP contribution is 2.22. The van der Waals surface area contributed by atoms with E-state index < -0.39 is 0 Å². The van der Waals surface area contributed by atoms with Crippen LogP contribution in [0.15, 0.2) is 45.6 Å². The Morgan fingerprint density at radius 2 is 1.93 bits per heavy atom. The third-order valence-corrected chi connectivity index (χ3v) is 3.83. The first-order valence-electron chi connectivity index (χ1n) is 4.56. The molecule has 2 aromatic rings. The van der Waals surface area contributed by atoms with Gasteiger partial charge in [0.15, 0.2) is 5.78 Å². The van der Waals surface area contributed by atoms with Gasteiger partial charge in [-0.25, -0.2) is 0 Å². The number of hydrogen-bond donors (Lipinski definition) is 0. The summed E-state index contributed by atoms with van der Waals surface area (Å²) in [5.41, 5.74) is 1.84. The molecule has 0 bridgehead atoms. The van der Waals surface area contributed by atoms with E-state index >= 15 is 0 Å². The number of halogens is 1. The Kier molecular flexibility index (Phi) is 3.34. The molecular weight excluding hydrogens is 272 g/mol. The first-order chi connectivity index (χ1) is 7.27. The molecular formula is C12H9BrOS. The van der Waals surface area contributed by atoms with Crippen LogP contribution in [-0.2, 0) is 6.42 Å². The van der Waals surface area contributed by atoms with Crippen LogP contribution in [0.2, 0.25) is 0 Å². The highest BCUT2D eigenvalue weighted by molar-refractivity contribution is 9.10. The minimum absolute atomic E-state index is 0.161. The lowest BCUT2D eigenvalue weighted by Crippen LogP contribution is -2.02. The van der Waals surface area contributed by atoms with Gasteiger partial charge in [0.2, 0.25) is 0 Å². The molecule has 76 valence electrons. The predicted molar refractivity (Wildman–Crippen MR) is 66.5 cm³/mol. The van der Waals surface area contributed by atoms with E-state index in [-0.39, 0.29) is 5.78 Å². The predicted octanol–water partition coefficient (Wildman–Crippen LogP) is 3.94. The lowest BCUT2D eigenvalue weighted by Gasteiger charge is -1.99. The summed E-state index contributed by atoms with van der Waals surface area (Å²) in [6.07, 6.45) is 0.468. The lowest BCUT2D eigenvalue weighted by molar-refractivity contribution is 0.0992. The van der Waals surface area contributed by atoms with Gasteiger partial charge in [-0.05, 0) is 21.5 Å². The molecule has 0 saturated carbocycles. The number of rotatable bonds is 3. The number of benzene rings is 1. The fourth-order valence-corrected chi connectivity index (χ4v) is 2.88. The summed E-state index contributed by atoms with van der Waals surface area (Å²) >= 11 is 4.91. The highest BCUT2D eigenvalue weighted by atomic mass is 79.9. The monoisotopic (exact) mass is 280 g/mol. The first-order valence-corrected chi connectivity index (χ1v) is 6.30. The van der Waals surface area contributed by atoms with Gasteiger partial charge in [0.25, 0.3) is 0 Å². The summed E-state index contributed by atoms with van der Waals surface area (Å²) in [7, 11) is 0. The first kappa shape index (κ1) is 10.6. The van der Waals surface area contributed by atoms with Crippen LogP contribution in [0, 0.1) is 0 Å². The number of carbonyl (C=O) groups is 1. The number of ketones is 1. The van der Waals surface area contributed by atoms with Crippen LogP contribution in [-0.4, -0.2) is 5.78 Å². The van der Waals surface area contributed by atoms with Crippen LogP contribution < -0.4 is 0 Å². The molecule has 1 aromatic heterocycles. The molecule has 0 amide bonds. The standard InChI is InChI=1S/C12H9BrOS/c13-11-8-15-7-10(11)12(14)6-9-4-2-1-3-5-9/h1-5,7-8H,6H2. The molecule has 0 aliphatic heterocycles. The Labute approximate surface area is 101 Å². The van der Waals surface area contributed by atoms with Crippen molar-refractivity contribution in [2.45, 2.75) is 6.42 Å². The molecule has 0 aliphatic rings. The molecule has 0 fully saturated rings. The maximum Gasteiger partial charge on any atom is 0.169 e. The van der Waals surface area contributed by atoms with Crippen LogP contribution >= 0.6 is 27.3 Å². The summed E-state index contributed by atoms with van der Waals surface area (Å²) in [4.78, 5) is 11.9. The molecule has 3 heteroatoms. The van der Waals surface area contributed by atoms with Crippen LogP contribution in [0.4, 0.5) is 0 Å². The fourth-order valence-electron chi connectivity index (χ4n) is 1.36. The van der Waals surface area contributed by atoms with Crippen molar-refractivity contribution in [3.8, 4) is 0 Å². The van der Waals surface area contributed by atoms with E-state index in [0.717, 1.165) is 15.6 Å². The zero-order valence-electron chi connectivity index (χ0n) is 7.94. The maximum absolute atomic E-state index is 11.9. The molecule has 0 aliphatic carbocycles. The Hall–Kier alpha value is -0.930. The third-order valence-electron chi connectivity index (χ3n) is 2.12. The van der Waals surface area contributed by atoms with Gasteiger partial charge in [0.1, 0.15) is 0 Å². The summed E-state index contributed by atoms with van der Waals surface area (Å²) < 4.78 is 0.897. The number of carbonyl (C=O) groups excluding carboxylic acids is 1. The molecule has 1 aromatic carbocycles. The highest BCUT2D eigenvalue weighted by Gasteiger charge is 2.10. The minimum atomic E-state index is 0.161. The van der Waals surface area contributed by atoms with Crippen LogP contribution in [0.5, 0.6) is 0 Å². The summed E-state index contributed by atoms with van der Waals surface area (Å²) in [6.45, 7) is 0. The van der Waals surface area contributed by atoms with E-state index in [1.165, 1.54) is 11.3 Å². The largest absolute Gasteiger partial charge is 0.294 e. The quantitative estimate of drug-likeness (QED) is 0.779. The minimum Gasteiger partial charge on any atom is -0.294 e. The van der Waals surface area contributed by atoms with Gasteiger partial charge in [-0.15, -0.1) is 0 Å². The van der Waals surface area contributed by atoms with Crippen molar-refractivity contribution >= 4 is 33.0 Å². The normalized spacial score (nSPS) is 10.2. The van der Waals surface area contributed by atoms with Gasteiger partial charge in [-0.3, -0.25) is 4.79 Å². The maximum atomic E-state index is 11.9. The Morgan fingerprint density at radius 1 is 1.20 bits per heavy atom. The van der Waals surface area contributed by atoms with Crippen molar-refractivity contribution in [3.05, 3.63) is 56.7 Å². The fraction of sp³-hybridized carbons (Fsp3) is 0.0833. The van der Waals surface area contributed by atoms with Gasteiger partial charge in [-0.2, -0.15) is 11.3 Å². The van der Waals surface area contributed by atoms with Gasteiger partial charge in [0, 0.05) is 27.2 Å². The Balaban J connectivity index is 2.15. The average molecular weight is 281 g/mol. The SMILES string of the molecule is O=C(Cc1ccccc1)c1cscc1Br. The van der Waals surface area contributed by atoms with Crippen molar-refractivity contribution in [2.24, 2.45) is 0 Å². The zero-order valence-corrected chi connectivity index (χ0v) is 10.3. The van der Waals surface area contributed by atoms with E-state index in [0.29, 0.717) is 6.42 Å². The second-order valence-corrected chi connectivity index (χ2v) is 4.82. The molecule has 0 N–H and O–H groups in total. The third kappa shape index (κ3) is 2.55. The zero-order chi connectivity index (χ0) is 10.7. The summed E-state index contributed by atoms with van der Waals surface area (Å²) in [6, 6.07) is 9.79. The van der Waals surface area contributed by atoms with Crippen molar-refractivity contribution in [3.63, 3.8) is 0 Å². The van der Waals surface area contributed by atoms with Crippen LogP contribution in [0.3, 0.4) is 0 Å². The molecule has 1 heterocycles. The lowest BCUT2D eigenvalue weighted by atomic mass is 10.1. The second kappa shape index (κ2) is 4.73. The molecule has 0 unspecified atom stereocenters. The van der Waals surface area contributed by atoms with Crippen molar-refractivity contribution in [1.29, 1.82) is 0 Å². The van der Waals surface area contributed by atoms with Gasteiger partial charge < -0.3 is 0 Å². The molecule has 0 atom stereocenters. The molecule has 0 saturated heterocycles. The van der Waals surface area contributed by atoms with E-state index in [2.05, 4.69) is 15.9 Å². The van der Waals surface area contributed by atoms with Gasteiger partial charge in [0.05, 0.1) is 0 Å². The molecule has 0 spiro atoms. The van der Waals surface area contributed by atoms with Gasteiger partial charge in [-0.1, -0.05) is 30.3 Å². The Morgan fingerprint density at radius 3 is 2.53 bits per heavy atom. The number of hydrogen-bond acceptors (Lipinski definition) is 2. The van der Waals surface area contributed by atoms with Crippen molar-refractivity contribution in [1.82, 2.24) is 0 Å². The molecule has 1 nitrogen and oxygen atoms in total. The van der Waals surface area contributed by atoms with Gasteiger partial charge >= 0.3 is 0 Å². The van der Waals surface area contributed by atoms with E-state index in [9.17, 15) is 4.79 Å². The van der Waals surface area contributed by atoms with Crippen molar-refractivity contribution in [2.75, 3.05) is 0 Å². The van der Waals surface area contributed by atoms with E-state index in [1.807, 2.05) is 41.1 Å². The summed E-state index contributed by atoms with van der Waals surface area (Å²) in [5, 5.41) is 3.81. The number of thiophene rings is 1. The average Bonchev–Trinajstić information content (AvgIpc) is 2.66. The Bertz CT molecular complexity index is 461. The number of Topliss-reactive ketones (excluding diaryl/α,β-unsaturated/α-hetero) is 1. The van der Waals surface area contributed by atoms with E-state index in [4.69, 9.17) is 0 Å². The topological polar surface area (TPSA) is 17.1 Å². The van der Waals surface area contributed by atoms with Crippen LogP contribution in [0.25, 0.3) is 0 Å². The molecule has 2 rings (SSSR count).